The molecular formula is C22H26CaN2O4. The van der Waals surface area contributed by atoms with Crippen LogP contribution in [0.3, 0.4) is 0 Å². The van der Waals surface area contributed by atoms with Gasteiger partial charge in [-0.2, -0.15) is 0 Å². The van der Waals surface area contributed by atoms with Gasteiger partial charge in [-0.3, -0.25) is 9.59 Å². The van der Waals surface area contributed by atoms with Crippen LogP contribution in [0.5, 0.6) is 5.75 Å². The molecule has 3 aromatic rings. The molecule has 0 fully saturated rings. The van der Waals surface area contributed by atoms with Crippen molar-refractivity contribution in [1.82, 2.24) is 4.57 Å². The van der Waals surface area contributed by atoms with Crippen LogP contribution in [-0.4, -0.2) is 64.4 Å². The van der Waals surface area contributed by atoms with Gasteiger partial charge in [0, 0.05) is 18.1 Å². The predicted octanol–water partition coefficient (Wildman–Crippen LogP) is 4.08. The topological polar surface area (TPSA) is 91.6 Å². The van der Waals surface area contributed by atoms with Crippen molar-refractivity contribution in [3.63, 3.8) is 0 Å². The molecule has 0 saturated heterocycles. The second-order valence-corrected chi connectivity index (χ2v) is 7.30. The number of benzene rings is 2. The number of carboxylic acids is 1. The van der Waals surface area contributed by atoms with E-state index in [0.29, 0.717) is 18.0 Å². The van der Waals surface area contributed by atoms with Gasteiger partial charge in [0.25, 0.3) is 0 Å². The summed E-state index contributed by atoms with van der Waals surface area (Å²) in [6.45, 7) is 6.70. The van der Waals surface area contributed by atoms with Gasteiger partial charge in [0.15, 0.2) is 0 Å². The van der Waals surface area contributed by atoms with E-state index in [0.717, 1.165) is 27.6 Å². The molecule has 0 atom stereocenters. The van der Waals surface area contributed by atoms with Gasteiger partial charge in [0.1, 0.15) is 12.2 Å². The maximum Gasteiger partial charge on any atom is 2.00 e. The number of nitrogens with zero attached hydrogens (tertiary/aromatic N) is 1. The van der Waals surface area contributed by atoms with Crippen molar-refractivity contribution in [2.45, 2.75) is 39.7 Å². The maximum absolute atomic E-state index is 11.9. The number of anilines is 1. The van der Waals surface area contributed by atoms with Gasteiger partial charge in [0.2, 0.25) is 5.91 Å². The van der Waals surface area contributed by atoms with Crippen molar-refractivity contribution in [2.24, 2.45) is 0 Å². The third-order valence-electron chi connectivity index (χ3n) is 4.78. The first-order valence-corrected chi connectivity index (χ1v) is 9.18. The third-order valence-corrected chi connectivity index (χ3v) is 4.78. The average molecular weight is 423 g/mol. The van der Waals surface area contributed by atoms with E-state index in [1.54, 1.807) is 12.1 Å². The first kappa shape index (κ1) is 23.3. The number of aromatic hydroxyl groups is 1. The summed E-state index contributed by atoms with van der Waals surface area (Å²) >= 11 is 0. The van der Waals surface area contributed by atoms with Gasteiger partial charge in [-0.25, -0.2) is 0 Å². The number of amides is 1. The molecule has 0 aliphatic heterocycles. The molecule has 3 N–H and O–H groups in total. The Bertz CT molecular complexity index is 1070. The van der Waals surface area contributed by atoms with Gasteiger partial charge in [-0.15, -0.1) is 0 Å². The standard InChI is InChI=1S/C22H24N2O4.Ca.2H/c1-13(2)17-10-15(5-7-19(17)25)12-24-9-8-16-18(6-4-14(3)22(16)24)23-20(26)11-21(27)28;;;/h4-10,13,25H,11-12H2,1-3H3,(H,23,26)(H,27,28);;;/q;+2;2*-1. The number of hydrogen-bond acceptors (Lipinski definition) is 3. The minimum absolute atomic E-state index is 0. The summed E-state index contributed by atoms with van der Waals surface area (Å²) < 4.78 is 2.09. The van der Waals surface area contributed by atoms with Crippen LogP contribution in [0, 0.1) is 6.92 Å². The van der Waals surface area contributed by atoms with Crippen LogP contribution in [0.1, 0.15) is 45.7 Å². The molecule has 0 radical (unpaired) electrons. The first-order chi connectivity index (χ1) is 13.3. The van der Waals surface area contributed by atoms with Gasteiger partial charge in [-0.05, 0) is 47.7 Å². The fourth-order valence-corrected chi connectivity index (χ4v) is 3.44. The Morgan fingerprint density at radius 2 is 1.90 bits per heavy atom. The molecule has 1 amide bonds. The molecule has 1 heterocycles. The SMILES string of the molecule is Cc1ccc(NC(=O)CC(=O)O)c2ccn(Cc3ccc(O)c(C(C)C)c3)c12.[Ca+2].[H-].[H-]. The number of aliphatic carboxylic acids is 1. The van der Waals surface area contributed by atoms with E-state index < -0.39 is 18.3 Å². The van der Waals surface area contributed by atoms with Gasteiger partial charge < -0.3 is 23.0 Å². The van der Waals surface area contributed by atoms with Gasteiger partial charge >= 0.3 is 43.7 Å². The van der Waals surface area contributed by atoms with E-state index in [2.05, 4.69) is 9.88 Å². The molecule has 29 heavy (non-hydrogen) atoms. The molecule has 3 rings (SSSR count). The third kappa shape index (κ3) is 5.32. The van der Waals surface area contributed by atoms with Crippen molar-refractivity contribution in [3.05, 3.63) is 59.3 Å². The minimum Gasteiger partial charge on any atom is -1.00 e. The van der Waals surface area contributed by atoms with Crippen LogP contribution in [0.2, 0.25) is 0 Å². The number of phenolic OH excluding ortho intramolecular Hbond substituents is 1. The Morgan fingerprint density at radius 3 is 2.55 bits per heavy atom. The number of nitrogens with one attached hydrogen (secondary N) is 1. The van der Waals surface area contributed by atoms with Crippen molar-refractivity contribution < 1.29 is 22.7 Å². The van der Waals surface area contributed by atoms with E-state index in [4.69, 9.17) is 5.11 Å². The van der Waals surface area contributed by atoms with Crippen molar-refractivity contribution in [1.29, 1.82) is 0 Å². The molecule has 150 valence electrons. The van der Waals surface area contributed by atoms with Crippen LogP contribution >= 0.6 is 0 Å². The fourth-order valence-electron chi connectivity index (χ4n) is 3.44. The Kier molecular flexibility index (Phi) is 7.74. The summed E-state index contributed by atoms with van der Waals surface area (Å²) in [5.74, 6) is -1.19. The smallest absolute Gasteiger partial charge is 1.00 e. The Hall–Kier alpha value is -2.02. The number of fused-ring (bicyclic) bond motifs is 1. The Labute approximate surface area is 202 Å². The normalized spacial score (nSPS) is 10.8. The zero-order valence-electron chi connectivity index (χ0n) is 18.9. The van der Waals surface area contributed by atoms with Crippen LogP contribution in [0.4, 0.5) is 5.69 Å². The number of aryl methyl sites for hydroxylation is 1. The summed E-state index contributed by atoms with van der Waals surface area (Å²) in [4.78, 5) is 22.6. The largest absolute Gasteiger partial charge is 2.00 e. The summed E-state index contributed by atoms with van der Waals surface area (Å²) in [6, 6.07) is 11.3. The second kappa shape index (κ2) is 9.65. The zero-order chi connectivity index (χ0) is 20.4. The monoisotopic (exact) mass is 422 g/mol. The molecule has 2 aromatic carbocycles. The van der Waals surface area contributed by atoms with Crippen LogP contribution in [-0.2, 0) is 16.1 Å². The summed E-state index contributed by atoms with van der Waals surface area (Å²) in [6.07, 6.45) is 1.38. The molecule has 0 unspecified atom stereocenters. The van der Waals surface area contributed by atoms with Gasteiger partial charge in [-0.1, -0.05) is 32.0 Å². The van der Waals surface area contributed by atoms with Crippen molar-refractivity contribution in [3.8, 4) is 5.75 Å². The summed E-state index contributed by atoms with van der Waals surface area (Å²) in [7, 11) is 0. The van der Waals surface area contributed by atoms with Crippen LogP contribution < -0.4 is 5.32 Å². The van der Waals surface area contributed by atoms with E-state index in [1.807, 2.05) is 51.2 Å². The number of hydrogen-bond donors (Lipinski definition) is 3. The summed E-state index contributed by atoms with van der Waals surface area (Å²) in [5, 5.41) is 22.4. The molecule has 0 aliphatic carbocycles. The molecule has 1 aromatic heterocycles. The fraction of sp³-hybridized carbons (Fsp3) is 0.273. The molecule has 7 heteroatoms. The molecular weight excluding hydrogens is 396 g/mol. The maximum atomic E-state index is 11.9. The van der Waals surface area contributed by atoms with Crippen molar-refractivity contribution in [2.75, 3.05) is 5.32 Å². The second-order valence-electron chi connectivity index (χ2n) is 7.30. The Balaban J connectivity index is 0.00000300. The van der Waals surface area contributed by atoms with E-state index in [1.165, 1.54) is 0 Å². The molecule has 0 aliphatic rings. The molecule has 6 nitrogen and oxygen atoms in total. The number of carbonyl (C=O) groups excluding carboxylic acids is 1. The van der Waals surface area contributed by atoms with E-state index in [9.17, 15) is 14.7 Å². The quantitative estimate of drug-likeness (QED) is 0.412. The number of carbonyl (C=O) groups is 2. The summed E-state index contributed by atoms with van der Waals surface area (Å²) in [5.41, 5.74) is 4.61. The van der Waals surface area contributed by atoms with Crippen molar-refractivity contribution >= 4 is 66.2 Å². The van der Waals surface area contributed by atoms with Gasteiger partial charge in [0.05, 0.1) is 11.2 Å². The first-order valence-electron chi connectivity index (χ1n) is 9.18. The van der Waals surface area contributed by atoms with E-state index in [-0.39, 0.29) is 46.5 Å². The number of phenols is 1. The number of carboxylic acid groups (broad SMARTS) is 1. The Morgan fingerprint density at radius 1 is 1.17 bits per heavy atom. The number of aromatic nitrogens is 1. The molecule has 0 bridgehead atoms. The minimum atomic E-state index is -1.16. The average Bonchev–Trinajstić information content (AvgIpc) is 3.03. The predicted molar refractivity (Wildman–Crippen MR) is 117 cm³/mol. The zero-order valence-corrected chi connectivity index (χ0v) is 19.1. The molecule has 0 saturated carbocycles. The number of rotatable bonds is 6. The van der Waals surface area contributed by atoms with Crippen LogP contribution in [0.25, 0.3) is 10.9 Å². The molecule has 0 spiro atoms. The van der Waals surface area contributed by atoms with E-state index >= 15 is 0 Å². The van der Waals surface area contributed by atoms with Crippen LogP contribution in [0.15, 0.2) is 42.6 Å².